The van der Waals surface area contributed by atoms with Gasteiger partial charge in [0.25, 0.3) is 0 Å². The average molecular weight is 409 g/mol. The first-order valence-electron chi connectivity index (χ1n) is 11.3. The minimum atomic E-state index is -0.0798. The summed E-state index contributed by atoms with van der Waals surface area (Å²) in [6.07, 6.45) is 12.4. The number of fused-ring (bicyclic) bond motifs is 5. The van der Waals surface area contributed by atoms with Crippen LogP contribution in [0.3, 0.4) is 0 Å². The molecule has 4 aliphatic carbocycles. The molecule has 0 amide bonds. The predicted molar refractivity (Wildman–Crippen MR) is 115 cm³/mol. The van der Waals surface area contributed by atoms with Crippen molar-refractivity contribution in [3.63, 3.8) is 0 Å². The molecule has 152 valence electrons. The van der Waals surface area contributed by atoms with E-state index in [-0.39, 0.29) is 17.5 Å². The zero-order valence-corrected chi connectivity index (χ0v) is 18.9. The lowest BCUT2D eigenvalue weighted by molar-refractivity contribution is -0.161. The summed E-state index contributed by atoms with van der Waals surface area (Å²) in [5.41, 5.74) is 0.807. The topological polar surface area (TPSA) is 26.3 Å². The van der Waals surface area contributed by atoms with E-state index in [2.05, 4.69) is 37.4 Å². The second-order valence-corrected chi connectivity index (χ2v) is 13.9. The highest BCUT2D eigenvalue weighted by Crippen LogP contribution is 2.69. The molecular weight excluding hydrogens is 372 g/mol. The molecule has 0 aromatic heterocycles. The summed E-state index contributed by atoms with van der Waals surface area (Å²) in [7, 11) is 0. The second kappa shape index (κ2) is 6.59. The number of hydrogen-bond donors (Lipinski definition) is 0. The van der Waals surface area contributed by atoms with Crippen LogP contribution in [-0.2, 0) is 9.53 Å². The fourth-order valence-electron chi connectivity index (χ4n) is 8.30. The van der Waals surface area contributed by atoms with Crippen molar-refractivity contribution >= 4 is 29.5 Å². The molecule has 0 radical (unpaired) electrons. The molecule has 27 heavy (non-hydrogen) atoms. The van der Waals surface area contributed by atoms with Crippen molar-refractivity contribution in [2.45, 2.75) is 88.7 Å². The van der Waals surface area contributed by atoms with Crippen molar-refractivity contribution in [3.05, 3.63) is 0 Å². The smallest absolute Gasteiger partial charge is 0.302 e. The molecule has 2 nitrogen and oxygen atoms in total. The van der Waals surface area contributed by atoms with Crippen molar-refractivity contribution < 1.29 is 9.53 Å². The molecule has 4 saturated carbocycles. The SMILES string of the molecule is CC(=O)OC1CCC2C3CCC4CC5(CCC4(C)C3CCC12C)SCCS5. The van der Waals surface area contributed by atoms with E-state index < -0.39 is 0 Å². The maximum Gasteiger partial charge on any atom is 0.302 e. The van der Waals surface area contributed by atoms with Gasteiger partial charge < -0.3 is 4.74 Å². The molecule has 0 aromatic rings. The first-order chi connectivity index (χ1) is 12.9. The van der Waals surface area contributed by atoms with Crippen LogP contribution < -0.4 is 0 Å². The van der Waals surface area contributed by atoms with E-state index in [1.807, 2.05) is 0 Å². The number of carbonyl (C=O) groups is 1. The van der Waals surface area contributed by atoms with Crippen molar-refractivity contribution in [1.29, 1.82) is 0 Å². The lowest BCUT2D eigenvalue weighted by Crippen LogP contribution is -2.55. The van der Waals surface area contributed by atoms with Gasteiger partial charge >= 0.3 is 5.97 Å². The average Bonchev–Trinajstić information content (AvgIpc) is 3.21. The molecule has 0 bridgehead atoms. The van der Waals surface area contributed by atoms with Crippen LogP contribution in [0.25, 0.3) is 0 Å². The molecule has 1 spiro atoms. The van der Waals surface area contributed by atoms with Gasteiger partial charge in [0.2, 0.25) is 0 Å². The number of hydrogen-bond acceptors (Lipinski definition) is 4. The third-order valence-electron chi connectivity index (χ3n) is 9.70. The standard InChI is InChI=1S/C23H36O2S2/c1-15(24)25-20-7-6-18-17-5-4-16-14-23(26-12-13-27-23)11-10-21(16,2)19(17)8-9-22(18,20)3/h16-20H,4-14H2,1-3H3. The number of thioether (sulfide) groups is 2. The number of ether oxygens (including phenoxy) is 1. The van der Waals surface area contributed by atoms with Gasteiger partial charge in [-0.15, -0.1) is 23.5 Å². The van der Waals surface area contributed by atoms with Crippen molar-refractivity contribution in [2.75, 3.05) is 11.5 Å². The van der Waals surface area contributed by atoms with E-state index in [1.54, 1.807) is 6.92 Å². The molecular formula is C23H36O2S2. The number of esters is 1. The largest absolute Gasteiger partial charge is 0.462 e. The fourth-order valence-corrected chi connectivity index (χ4v) is 11.7. The minimum absolute atomic E-state index is 0.0798. The molecule has 1 aliphatic heterocycles. The zero-order chi connectivity index (χ0) is 18.9. The minimum Gasteiger partial charge on any atom is -0.462 e. The van der Waals surface area contributed by atoms with E-state index >= 15 is 0 Å². The molecule has 5 aliphatic rings. The summed E-state index contributed by atoms with van der Waals surface area (Å²) in [6.45, 7) is 6.71. The van der Waals surface area contributed by atoms with Gasteiger partial charge in [0, 0.05) is 23.8 Å². The summed E-state index contributed by atoms with van der Waals surface area (Å²) < 4.78 is 6.39. The van der Waals surface area contributed by atoms with Gasteiger partial charge in [-0.3, -0.25) is 4.79 Å². The van der Waals surface area contributed by atoms with Crippen LogP contribution in [0, 0.1) is 34.5 Å². The monoisotopic (exact) mass is 408 g/mol. The van der Waals surface area contributed by atoms with Crippen LogP contribution >= 0.6 is 23.5 Å². The summed E-state index contributed by atoms with van der Waals surface area (Å²) in [5.74, 6) is 6.19. The third kappa shape index (κ3) is 2.86. The Balaban J connectivity index is 1.37. The highest BCUT2D eigenvalue weighted by molar-refractivity contribution is 8.21. The lowest BCUT2D eigenvalue weighted by atomic mass is 9.45. The van der Waals surface area contributed by atoms with Crippen LogP contribution in [0.5, 0.6) is 0 Å². The molecule has 4 heteroatoms. The number of carbonyl (C=O) groups excluding carboxylic acids is 1. The Hall–Kier alpha value is 0.170. The van der Waals surface area contributed by atoms with E-state index in [0.717, 1.165) is 30.1 Å². The Kier molecular flexibility index (Phi) is 4.67. The third-order valence-corrected chi connectivity index (χ3v) is 13.3. The van der Waals surface area contributed by atoms with Gasteiger partial charge in [-0.25, -0.2) is 0 Å². The predicted octanol–water partition coefficient (Wildman–Crippen LogP) is 6.14. The van der Waals surface area contributed by atoms with Crippen LogP contribution in [0.4, 0.5) is 0 Å². The Morgan fingerprint density at radius 3 is 2.37 bits per heavy atom. The van der Waals surface area contributed by atoms with E-state index in [0.29, 0.717) is 9.49 Å². The Labute approximate surface area is 173 Å². The van der Waals surface area contributed by atoms with Crippen molar-refractivity contribution in [1.82, 2.24) is 0 Å². The molecule has 1 heterocycles. The maximum atomic E-state index is 11.6. The molecule has 0 aromatic carbocycles. The van der Waals surface area contributed by atoms with Crippen LogP contribution in [0.1, 0.15) is 78.6 Å². The molecule has 1 saturated heterocycles. The van der Waals surface area contributed by atoms with Gasteiger partial charge in [0.15, 0.2) is 0 Å². The second-order valence-electron chi connectivity index (χ2n) is 10.7. The highest BCUT2D eigenvalue weighted by atomic mass is 32.2. The van der Waals surface area contributed by atoms with E-state index in [1.165, 1.54) is 62.9 Å². The first kappa shape index (κ1) is 19.2. The summed E-state index contributed by atoms with van der Waals surface area (Å²) >= 11 is 4.57. The van der Waals surface area contributed by atoms with E-state index in [9.17, 15) is 4.79 Å². The van der Waals surface area contributed by atoms with Gasteiger partial charge in [-0.05, 0) is 86.9 Å². The van der Waals surface area contributed by atoms with Crippen molar-refractivity contribution in [3.8, 4) is 0 Å². The zero-order valence-electron chi connectivity index (χ0n) is 17.3. The van der Waals surface area contributed by atoms with Gasteiger partial charge in [0.05, 0.1) is 4.08 Å². The lowest BCUT2D eigenvalue weighted by Gasteiger charge is -2.62. The normalized spacial score (nSPS) is 50.7. The maximum absolute atomic E-state index is 11.6. The highest BCUT2D eigenvalue weighted by Gasteiger charge is 2.62. The first-order valence-corrected chi connectivity index (χ1v) is 13.3. The summed E-state index contributed by atoms with van der Waals surface area (Å²) in [4.78, 5) is 11.6. The van der Waals surface area contributed by atoms with Gasteiger partial charge in [-0.2, -0.15) is 0 Å². The molecule has 7 unspecified atom stereocenters. The Morgan fingerprint density at radius 2 is 1.63 bits per heavy atom. The fraction of sp³-hybridized carbons (Fsp3) is 0.957. The van der Waals surface area contributed by atoms with Crippen molar-refractivity contribution in [2.24, 2.45) is 34.5 Å². The van der Waals surface area contributed by atoms with Gasteiger partial charge in [0.1, 0.15) is 6.10 Å². The van der Waals surface area contributed by atoms with Crippen LogP contribution in [0.2, 0.25) is 0 Å². The molecule has 5 rings (SSSR count). The summed E-state index contributed by atoms with van der Waals surface area (Å²) in [6, 6.07) is 0. The molecule has 5 fully saturated rings. The Bertz CT molecular complexity index is 615. The van der Waals surface area contributed by atoms with E-state index in [4.69, 9.17) is 4.74 Å². The molecule has 7 atom stereocenters. The van der Waals surface area contributed by atoms with Gasteiger partial charge in [-0.1, -0.05) is 13.8 Å². The quantitative estimate of drug-likeness (QED) is 0.487. The van der Waals surface area contributed by atoms with Crippen LogP contribution in [0.15, 0.2) is 0 Å². The van der Waals surface area contributed by atoms with Crippen LogP contribution in [-0.4, -0.2) is 27.7 Å². The summed E-state index contributed by atoms with van der Waals surface area (Å²) in [5, 5.41) is 0. The number of rotatable bonds is 1. The molecule has 0 N–H and O–H groups in total. The Morgan fingerprint density at radius 1 is 0.889 bits per heavy atom.